The Kier molecular flexibility index (Phi) is 17.1. The van der Waals surface area contributed by atoms with E-state index >= 15 is 0 Å². The molecule has 192 valence electrons. The third kappa shape index (κ3) is 12.6. The van der Waals surface area contributed by atoms with E-state index in [0.717, 1.165) is 51.4 Å². The molecule has 4 nitrogen and oxygen atoms in total. The quantitative estimate of drug-likeness (QED) is 0.116. The lowest BCUT2D eigenvalue weighted by Gasteiger charge is -2.27. The molecule has 33 heavy (non-hydrogen) atoms. The van der Waals surface area contributed by atoms with Crippen LogP contribution in [0.2, 0.25) is 0 Å². The first-order chi connectivity index (χ1) is 16.0. The van der Waals surface area contributed by atoms with E-state index in [2.05, 4.69) is 13.8 Å². The second kappa shape index (κ2) is 19.0. The predicted octanol–water partition coefficient (Wildman–Crippen LogP) is 8.33. The summed E-state index contributed by atoms with van der Waals surface area (Å²) in [6.45, 7) is 9.29. The van der Waals surface area contributed by atoms with Crippen molar-refractivity contribution in [1.82, 2.24) is 0 Å². The molecule has 0 aromatic heterocycles. The minimum Gasteiger partial charge on any atom is -0.462 e. The van der Waals surface area contributed by atoms with E-state index in [-0.39, 0.29) is 23.8 Å². The molecule has 1 aliphatic rings. The first kappa shape index (κ1) is 29.7. The topological polar surface area (TPSA) is 52.6 Å². The maximum atomic E-state index is 13.2. The number of carbonyl (C=O) groups excluding carboxylic acids is 2. The Balaban J connectivity index is 2.75. The predicted molar refractivity (Wildman–Crippen MR) is 137 cm³/mol. The van der Waals surface area contributed by atoms with Crippen LogP contribution < -0.4 is 0 Å². The monoisotopic (exact) mass is 464 g/mol. The molecule has 4 heteroatoms. The van der Waals surface area contributed by atoms with E-state index in [1.807, 2.05) is 13.8 Å². The standard InChI is InChI=1S/C29H52O4/c1-5-7-9-11-13-18-22-32-28(30)26(24(3)4)27(25-20-16-15-17-21-25)29(31)33-23-19-14-12-10-8-6-2/h24-25H,5-23H2,1-4H3. The van der Waals surface area contributed by atoms with Gasteiger partial charge >= 0.3 is 11.9 Å². The highest BCUT2D eigenvalue weighted by Crippen LogP contribution is 2.34. The smallest absolute Gasteiger partial charge is 0.334 e. The maximum absolute atomic E-state index is 13.2. The minimum atomic E-state index is -0.310. The summed E-state index contributed by atoms with van der Waals surface area (Å²) in [5.74, 6) is -0.526. The molecule has 0 aromatic rings. The third-order valence-corrected chi connectivity index (χ3v) is 6.78. The van der Waals surface area contributed by atoms with Crippen molar-refractivity contribution in [2.45, 2.75) is 137 Å². The van der Waals surface area contributed by atoms with Gasteiger partial charge in [-0.3, -0.25) is 0 Å². The van der Waals surface area contributed by atoms with Crippen LogP contribution in [0, 0.1) is 11.8 Å². The van der Waals surface area contributed by atoms with Gasteiger partial charge in [0.05, 0.1) is 24.4 Å². The molecule has 0 aromatic carbocycles. The van der Waals surface area contributed by atoms with E-state index in [1.54, 1.807) is 0 Å². The summed E-state index contributed by atoms with van der Waals surface area (Å²) in [4.78, 5) is 26.3. The van der Waals surface area contributed by atoms with Crippen LogP contribution in [0.3, 0.4) is 0 Å². The van der Waals surface area contributed by atoms with E-state index in [1.165, 1.54) is 57.8 Å². The van der Waals surface area contributed by atoms with Crippen molar-refractivity contribution < 1.29 is 19.1 Å². The highest BCUT2D eigenvalue weighted by atomic mass is 16.5. The second-order valence-corrected chi connectivity index (χ2v) is 10.1. The Morgan fingerprint density at radius 2 is 1.12 bits per heavy atom. The van der Waals surface area contributed by atoms with E-state index in [9.17, 15) is 9.59 Å². The lowest BCUT2D eigenvalue weighted by atomic mass is 9.79. The molecule has 0 bridgehead atoms. The zero-order valence-corrected chi connectivity index (χ0v) is 22.2. The molecule has 0 spiro atoms. The Labute approximate surface area is 204 Å². The fourth-order valence-corrected chi connectivity index (χ4v) is 4.79. The van der Waals surface area contributed by atoms with Gasteiger partial charge in [0.25, 0.3) is 0 Å². The molecule has 1 aliphatic carbocycles. The fraction of sp³-hybridized carbons (Fsp3) is 0.862. The molecule has 0 atom stereocenters. The van der Waals surface area contributed by atoms with Gasteiger partial charge in [0.15, 0.2) is 0 Å². The van der Waals surface area contributed by atoms with Crippen molar-refractivity contribution in [1.29, 1.82) is 0 Å². The summed E-state index contributed by atoms with van der Waals surface area (Å²) in [5.41, 5.74) is 1.17. The van der Waals surface area contributed by atoms with Gasteiger partial charge in [-0.25, -0.2) is 9.59 Å². The number of hydrogen-bond donors (Lipinski definition) is 0. The van der Waals surface area contributed by atoms with Crippen LogP contribution in [0.1, 0.15) is 137 Å². The Bertz CT molecular complexity index is 558. The van der Waals surface area contributed by atoms with E-state index in [0.29, 0.717) is 24.4 Å². The van der Waals surface area contributed by atoms with Gasteiger partial charge in [0.2, 0.25) is 0 Å². The van der Waals surface area contributed by atoms with Crippen molar-refractivity contribution >= 4 is 11.9 Å². The van der Waals surface area contributed by atoms with Gasteiger partial charge in [0.1, 0.15) is 0 Å². The van der Waals surface area contributed by atoms with Crippen LogP contribution in [0.15, 0.2) is 11.1 Å². The summed E-state index contributed by atoms with van der Waals surface area (Å²) in [5, 5.41) is 0. The molecular formula is C29H52O4. The van der Waals surface area contributed by atoms with Gasteiger partial charge in [-0.2, -0.15) is 0 Å². The van der Waals surface area contributed by atoms with Crippen molar-refractivity contribution in [3.63, 3.8) is 0 Å². The second-order valence-electron chi connectivity index (χ2n) is 10.1. The molecule has 0 radical (unpaired) electrons. The summed E-state index contributed by atoms with van der Waals surface area (Å²) in [6, 6.07) is 0. The zero-order valence-electron chi connectivity index (χ0n) is 22.2. The first-order valence-corrected chi connectivity index (χ1v) is 14.1. The fourth-order valence-electron chi connectivity index (χ4n) is 4.79. The minimum absolute atomic E-state index is 0.0550. The van der Waals surface area contributed by atoms with Crippen molar-refractivity contribution in [2.75, 3.05) is 13.2 Å². The summed E-state index contributed by atoms with van der Waals surface area (Å²) >= 11 is 0. The highest BCUT2D eigenvalue weighted by Gasteiger charge is 2.32. The van der Waals surface area contributed by atoms with Gasteiger partial charge < -0.3 is 9.47 Å². The molecule has 1 fully saturated rings. The van der Waals surface area contributed by atoms with Crippen LogP contribution in [-0.4, -0.2) is 25.2 Å². The molecular weight excluding hydrogens is 412 g/mol. The number of hydrogen-bond acceptors (Lipinski definition) is 4. The molecule has 0 aliphatic heterocycles. The van der Waals surface area contributed by atoms with Crippen LogP contribution in [0.5, 0.6) is 0 Å². The molecule has 0 N–H and O–H groups in total. The lowest BCUT2D eigenvalue weighted by molar-refractivity contribution is -0.143. The number of carbonyl (C=O) groups is 2. The molecule has 0 unspecified atom stereocenters. The Morgan fingerprint density at radius 1 is 0.667 bits per heavy atom. The first-order valence-electron chi connectivity index (χ1n) is 14.1. The van der Waals surface area contributed by atoms with E-state index < -0.39 is 0 Å². The average Bonchev–Trinajstić information content (AvgIpc) is 2.81. The number of unbranched alkanes of at least 4 members (excludes halogenated alkanes) is 10. The van der Waals surface area contributed by atoms with Crippen LogP contribution in [0.25, 0.3) is 0 Å². The summed E-state index contributed by atoms with van der Waals surface area (Å²) < 4.78 is 11.4. The summed E-state index contributed by atoms with van der Waals surface area (Å²) in [7, 11) is 0. The molecule has 1 rings (SSSR count). The largest absolute Gasteiger partial charge is 0.462 e. The molecule has 1 saturated carbocycles. The molecule has 0 saturated heterocycles. The Morgan fingerprint density at radius 3 is 1.61 bits per heavy atom. The third-order valence-electron chi connectivity index (χ3n) is 6.78. The number of ether oxygens (including phenoxy) is 2. The van der Waals surface area contributed by atoms with Gasteiger partial charge in [0, 0.05) is 0 Å². The highest BCUT2D eigenvalue weighted by molar-refractivity contribution is 6.01. The van der Waals surface area contributed by atoms with Crippen molar-refractivity contribution in [3.8, 4) is 0 Å². The number of rotatable bonds is 18. The van der Waals surface area contributed by atoms with Crippen LogP contribution in [-0.2, 0) is 19.1 Å². The van der Waals surface area contributed by atoms with Crippen molar-refractivity contribution in [3.05, 3.63) is 11.1 Å². The van der Waals surface area contributed by atoms with Crippen molar-refractivity contribution in [2.24, 2.45) is 11.8 Å². The normalized spacial score (nSPS) is 15.4. The van der Waals surface area contributed by atoms with Crippen LogP contribution in [0.4, 0.5) is 0 Å². The van der Waals surface area contributed by atoms with Gasteiger partial charge in [-0.15, -0.1) is 0 Å². The molecule has 0 heterocycles. The summed E-state index contributed by atoms with van der Waals surface area (Å²) in [6.07, 6.45) is 19.2. The SMILES string of the molecule is CCCCCCCCOC(=O)C(=C(C(=O)OCCCCCCCC)C1CCCCC1)C(C)C. The Hall–Kier alpha value is -1.32. The van der Waals surface area contributed by atoms with Gasteiger partial charge in [-0.1, -0.05) is 111 Å². The molecule has 0 amide bonds. The lowest BCUT2D eigenvalue weighted by Crippen LogP contribution is -2.26. The van der Waals surface area contributed by atoms with Gasteiger partial charge in [-0.05, 0) is 37.5 Å². The van der Waals surface area contributed by atoms with E-state index in [4.69, 9.17) is 9.47 Å². The average molecular weight is 465 g/mol. The van der Waals surface area contributed by atoms with Crippen LogP contribution >= 0.6 is 0 Å². The zero-order chi connectivity index (χ0) is 24.3. The maximum Gasteiger partial charge on any atom is 0.334 e. The number of esters is 2.